The molecule has 0 aromatic carbocycles. The van der Waals surface area contributed by atoms with Crippen molar-refractivity contribution in [3.8, 4) is 0 Å². The minimum absolute atomic E-state index is 0.00968. The molecule has 122 valence electrons. The Labute approximate surface area is 133 Å². The Bertz CT molecular complexity index is 689. The van der Waals surface area contributed by atoms with Crippen molar-refractivity contribution in [3.05, 3.63) is 11.3 Å². The first-order valence-corrected chi connectivity index (χ1v) is 8.04. The molecule has 3 aliphatic heterocycles. The van der Waals surface area contributed by atoms with Gasteiger partial charge in [-0.2, -0.15) is 0 Å². The van der Waals surface area contributed by atoms with Crippen molar-refractivity contribution in [3.63, 3.8) is 0 Å². The monoisotopic (exact) mass is 317 g/mol. The molecule has 3 amide bonds. The molecule has 0 bridgehead atoms. The van der Waals surface area contributed by atoms with E-state index in [0.29, 0.717) is 30.5 Å². The summed E-state index contributed by atoms with van der Waals surface area (Å²) in [6.07, 6.45) is 3.20. The minimum atomic E-state index is -0.254. The van der Waals surface area contributed by atoms with Crippen LogP contribution in [0.15, 0.2) is 9.52 Å². The SMILES string of the molecule is Cc1noc2c1C1=NCCN1C(=O)N2CC(=O)N1CCCCC1. The Morgan fingerprint density at radius 1 is 1.22 bits per heavy atom. The van der Waals surface area contributed by atoms with Crippen LogP contribution in [0.2, 0.25) is 0 Å². The van der Waals surface area contributed by atoms with Crippen molar-refractivity contribution in [2.75, 3.05) is 37.6 Å². The van der Waals surface area contributed by atoms with Crippen molar-refractivity contribution < 1.29 is 14.1 Å². The van der Waals surface area contributed by atoms with E-state index in [0.717, 1.165) is 37.9 Å². The summed E-state index contributed by atoms with van der Waals surface area (Å²) in [5, 5.41) is 3.96. The first-order chi connectivity index (χ1) is 11.2. The highest BCUT2D eigenvalue weighted by Gasteiger charge is 2.42. The molecule has 0 atom stereocenters. The number of likely N-dealkylation sites (tertiary alicyclic amines) is 1. The number of amidine groups is 1. The molecule has 0 spiro atoms. The van der Waals surface area contributed by atoms with Gasteiger partial charge in [-0.25, -0.2) is 4.79 Å². The Morgan fingerprint density at radius 2 is 2.00 bits per heavy atom. The van der Waals surface area contributed by atoms with Gasteiger partial charge in [-0.1, -0.05) is 5.16 Å². The normalized spacial score (nSPS) is 20.5. The predicted octanol–water partition coefficient (Wildman–Crippen LogP) is 0.998. The van der Waals surface area contributed by atoms with Gasteiger partial charge in [0.15, 0.2) is 0 Å². The molecule has 0 radical (unpaired) electrons. The highest BCUT2D eigenvalue weighted by molar-refractivity contribution is 6.20. The van der Waals surface area contributed by atoms with E-state index in [9.17, 15) is 9.59 Å². The van der Waals surface area contributed by atoms with Gasteiger partial charge in [-0.05, 0) is 26.2 Å². The topological polar surface area (TPSA) is 82.2 Å². The average Bonchev–Trinajstić information content (AvgIpc) is 3.19. The second-order valence-corrected chi connectivity index (χ2v) is 6.12. The summed E-state index contributed by atoms with van der Waals surface area (Å²) in [6, 6.07) is -0.254. The number of aliphatic imine (C=N–C) groups is 1. The standard InChI is InChI=1S/C15H19N5O3/c1-10-12-13-16-5-8-19(13)15(22)20(14(12)23-17-10)9-11(21)18-6-3-2-4-7-18/h2-9H2,1H3. The van der Waals surface area contributed by atoms with E-state index in [1.54, 1.807) is 4.90 Å². The summed E-state index contributed by atoms with van der Waals surface area (Å²) < 4.78 is 5.34. The molecule has 1 saturated heterocycles. The lowest BCUT2D eigenvalue weighted by Crippen LogP contribution is -2.53. The summed E-state index contributed by atoms with van der Waals surface area (Å²) in [6.45, 7) is 4.44. The largest absolute Gasteiger partial charge is 0.341 e. The number of carbonyl (C=O) groups is 2. The Morgan fingerprint density at radius 3 is 2.78 bits per heavy atom. The number of hydrogen-bond donors (Lipinski definition) is 0. The Kier molecular flexibility index (Phi) is 3.32. The van der Waals surface area contributed by atoms with E-state index < -0.39 is 0 Å². The third kappa shape index (κ3) is 2.20. The predicted molar refractivity (Wildman–Crippen MR) is 82.5 cm³/mol. The van der Waals surface area contributed by atoms with Crippen LogP contribution in [0.5, 0.6) is 0 Å². The van der Waals surface area contributed by atoms with Crippen molar-refractivity contribution in [1.82, 2.24) is 15.0 Å². The molecule has 0 N–H and O–H groups in total. The number of aryl methyl sites for hydroxylation is 1. The maximum absolute atomic E-state index is 12.7. The van der Waals surface area contributed by atoms with Crippen LogP contribution >= 0.6 is 0 Å². The molecule has 1 fully saturated rings. The van der Waals surface area contributed by atoms with Crippen LogP contribution in [0, 0.1) is 6.92 Å². The van der Waals surface area contributed by atoms with E-state index in [1.807, 2.05) is 11.8 Å². The number of aromatic nitrogens is 1. The number of piperidine rings is 1. The minimum Gasteiger partial charge on any atom is -0.341 e. The second-order valence-electron chi connectivity index (χ2n) is 6.12. The number of fused-ring (bicyclic) bond motifs is 3. The highest BCUT2D eigenvalue weighted by atomic mass is 16.5. The third-order valence-corrected chi connectivity index (χ3v) is 4.62. The molecule has 8 nitrogen and oxygen atoms in total. The molecule has 4 rings (SSSR count). The van der Waals surface area contributed by atoms with Gasteiger partial charge in [-0.3, -0.25) is 19.6 Å². The fourth-order valence-electron chi connectivity index (χ4n) is 3.40. The van der Waals surface area contributed by atoms with Crippen LogP contribution in [0.1, 0.15) is 30.5 Å². The summed E-state index contributed by atoms with van der Waals surface area (Å²) in [5.74, 6) is 0.915. The lowest BCUT2D eigenvalue weighted by Gasteiger charge is -2.33. The molecule has 1 aromatic rings. The van der Waals surface area contributed by atoms with Gasteiger partial charge >= 0.3 is 6.03 Å². The van der Waals surface area contributed by atoms with E-state index in [-0.39, 0.29) is 18.5 Å². The first-order valence-electron chi connectivity index (χ1n) is 8.04. The zero-order chi connectivity index (χ0) is 16.0. The first kappa shape index (κ1) is 14.2. The molecule has 4 heterocycles. The number of hydrogen-bond acceptors (Lipinski definition) is 5. The summed E-state index contributed by atoms with van der Waals surface area (Å²) in [4.78, 5) is 34.5. The van der Waals surface area contributed by atoms with E-state index in [2.05, 4.69) is 10.1 Å². The van der Waals surface area contributed by atoms with E-state index in [1.165, 1.54) is 4.90 Å². The van der Waals surface area contributed by atoms with Crippen molar-refractivity contribution in [2.45, 2.75) is 26.2 Å². The van der Waals surface area contributed by atoms with Crippen molar-refractivity contribution in [2.24, 2.45) is 4.99 Å². The summed E-state index contributed by atoms with van der Waals surface area (Å²) >= 11 is 0. The van der Waals surface area contributed by atoms with Crippen molar-refractivity contribution >= 4 is 23.7 Å². The fraction of sp³-hybridized carbons (Fsp3) is 0.600. The van der Waals surface area contributed by atoms with Gasteiger partial charge in [0.05, 0.1) is 12.2 Å². The molecule has 0 saturated carbocycles. The fourth-order valence-corrected chi connectivity index (χ4v) is 3.40. The Hall–Kier alpha value is -2.38. The number of carbonyl (C=O) groups excluding carboxylic acids is 2. The number of nitrogens with zero attached hydrogens (tertiary/aromatic N) is 5. The highest BCUT2D eigenvalue weighted by Crippen LogP contribution is 2.33. The smallest absolute Gasteiger partial charge is 0.333 e. The zero-order valence-electron chi connectivity index (χ0n) is 13.1. The van der Waals surface area contributed by atoms with Crippen LogP contribution in [-0.2, 0) is 4.79 Å². The summed E-state index contributed by atoms with van der Waals surface area (Å²) in [7, 11) is 0. The molecule has 8 heteroatoms. The Balaban J connectivity index is 1.63. The quantitative estimate of drug-likeness (QED) is 0.814. The molecular formula is C15H19N5O3. The number of anilines is 1. The van der Waals surface area contributed by atoms with Gasteiger partial charge in [0.25, 0.3) is 0 Å². The van der Waals surface area contributed by atoms with Gasteiger partial charge in [0.1, 0.15) is 17.9 Å². The molecule has 0 aliphatic carbocycles. The lowest BCUT2D eigenvalue weighted by molar-refractivity contribution is -0.130. The zero-order valence-corrected chi connectivity index (χ0v) is 13.1. The lowest BCUT2D eigenvalue weighted by atomic mass is 10.1. The molecule has 3 aliphatic rings. The molecule has 1 aromatic heterocycles. The molecular weight excluding hydrogens is 298 g/mol. The van der Waals surface area contributed by atoms with Crippen LogP contribution < -0.4 is 4.90 Å². The maximum atomic E-state index is 12.7. The van der Waals surface area contributed by atoms with Crippen molar-refractivity contribution in [1.29, 1.82) is 0 Å². The maximum Gasteiger partial charge on any atom is 0.333 e. The molecule has 0 unspecified atom stereocenters. The molecule has 23 heavy (non-hydrogen) atoms. The third-order valence-electron chi connectivity index (χ3n) is 4.62. The van der Waals surface area contributed by atoms with Crippen LogP contribution in [0.25, 0.3) is 0 Å². The average molecular weight is 317 g/mol. The summed E-state index contributed by atoms with van der Waals surface area (Å²) in [5.41, 5.74) is 1.42. The van der Waals surface area contributed by atoms with Gasteiger partial charge in [0.2, 0.25) is 11.8 Å². The number of amides is 3. The van der Waals surface area contributed by atoms with Gasteiger partial charge in [0, 0.05) is 19.6 Å². The second kappa shape index (κ2) is 5.36. The van der Waals surface area contributed by atoms with E-state index >= 15 is 0 Å². The number of urea groups is 1. The van der Waals surface area contributed by atoms with Crippen LogP contribution in [-0.4, -0.2) is 65.5 Å². The number of rotatable bonds is 2. The van der Waals surface area contributed by atoms with Crippen LogP contribution in [0.3, 0.4) is 0 Å². The van der Waals surface area contributed by atoms with E-state index in [4.69, 9.17) is 4.52 Å². The van der Waals surface area contributed by atoms with Gasteiger partial charge < -0.3 is 9.42 Å². The van der Waals surface area contributed by atoms with Gasteiger partial charge in [-0.15, -0.1) is 0 Å². The van der Waals surface area contributed by atoms with Crippen LogP contribution in [0.4, 0.5) is 10.7 Å².